The molecule has 108 valence electrons. The van der Waals surface area contributed by atoms with E-state index in [-0.39, 0.29) is 5.46 Å². The average molecular weight is 287 g/mol. The van der Waals surface area contributed by atoms with E-state index in [1.807, 2.05) is 0 Å². The van der Waals surface area contributed by atoms with Crippen LogP contribution in [-0.4, -0.2) is 30.4 Å². The van der Waals surface area contributed by atoms with Gasteiger partial charge in [-0.25, -0.2) is 4.79 Å². The van der Waals surface area contributed by atoms with E-state index in [0.717, 1.165) is 0 Å². The molecule has 0 heterocycles. The molecule has 2 rings (SSSR count). The Morgan fingerprint density at radius 1 is 1.10 bits per heavy atom. The molecule has 0 spiro atoms. The van der Waals surface area contributed by atoms with Crippen LogP contribution in [0.4, 0.5) is 10.5 Å². The van der Waals surface area contributed by atoms with E-state index in [1.54, 1.807) is 43.5 Å². The summed E-state index contributed by atoms with van der Waals surface area (Å²) in [6, 6.07) is 12.7. The van der Waals surface area contributed by atoms with Crippen molar-refractivity contribution in [3.8, 4) is 11.5 Å². The highest BCUT2D eigenvalue weighted by Gasteiger charge is 2.12. The minimum Gasteiger partial charge on any atom is -0.497 e. The third-order valence-electron chi connectivity index (χ3n) is 2.70. The van der Waals surface area contributed by atoms with Gasteiger partial charge in [-0.05, 0) is 41.9 Å². The third-order valence-corrected chi connectivity index (χ3v) is 2.70. The predicted octanol–water partition coefficient (Wildman–Crippen LogP) is 0.986. The Hall–Kier alpha value is -2.51. The minimum atomic E-state index is -1.59. The second-order valence-corrected chi connectivity index (χ2v) is 4.19. The van der Waals surface area contributed by atoms with Crippen molar-refractivity contribution in [3.05, 3.63) is 48.5 Å². The molecular formula is C14H14BNO5. The number of methoxy groups -OCH3 is 1. The van der Waals surface area contributed by atoms with Crippen molar-refractivity contribution in [1.29, 1.82) is 0 Å². The Bertz CT molecular complexity index is 615. The van der Waals surface area contributed by atoms with Crippen molar-refractivity contribution in [2.24, 2.45) is 0 Å². The zero-order valence-corrected chi connectivity index (χ0v) is 11.3. The maximum Gasteiger partial charge on any atom is 0.488 e. The van der Waals surface area contributed by atoms with Gasteiger partial charge in [-0.3, -0.25) is 5.32 Å². The molecule has 0 bridgehead atoms. The van der Waals surface area contributed by atoms with Gasteiger partial charge in [0.05, 0.1) is 7.11 Å². The summed E-state index contributed by atoms with van der Waals surface area (Å²) in [5.41, 5.74) is 0.677. The molecule has 2 aromatic carbocycles. The first-order valence-electron chi connectivity index (χ1n) is 6.17. The summed E-state index contributed by atoms with van der Waals surface area (Å²) in [6.07, 6.45) is -0.676. The summed E-state index contributed by atoms with van der Waals surface area (Å²) >= 11 is 0. The molecule has 0 aliphatic rings. The number of ether oxygens (including phenoxy) is 2. The lowest BCUT2D eigenvalue weighted by Crippen LogP contribution is -2.30. The number of hydrogen-bond donors (Lipinski definition) is 3. The molecule has 0 atom stereocenters. The van der Waals surface area contributed by atoms with Gasteiger partial charge in [0.1, 0.15) is 11.5 Å². The van der Waals surface area contributed by atoms with Crippen molar-refractivity contribution in [2.75, 3.05) is 12.4 Å². The van der Waals surface area contributed by atoms with Crippen molar-refractivity contribution in [2.45, 2.75) is 0 Å². The van der Waals surface area contributed by atoms with E-state index in [0.29, 0.717) is 17.2 Å². The molecule has 0 aliphatic heterocycles. The van der Waals surface area contributed by atoms with E-state index in [2.05, 4.69) is 5.32 Å². The van der Waals surface area contributed by atoms with Gasteiger partial charge in [0, 0.05) is 5.69 Å². The zero-order valence-electron chi connectivity index (χ0n) is 11.3. The Balaban J connectivity index is 1.99. The largest absolute Gasteiger partial charge is 0.497 e. The summed E-state index contributed by atoms with van der Waals surface area (Å²) in [7, 11) is -0.0464. The fourth-order valence-corrected chi connectivity index (χ4v) is 1.67. The lowest BCUT2D eigenvalue weighted by Gasteiger charge is -2.08. The van der Waals surface area contributed by atoms with Crippen LogP contribution in [0.3, 0.4) is 0 Å². The monoisotopic (exact) mass is 287 g/mol. The van der Waals surface area contributed by atoms with Crippen LogP contribution < -0.4 is 20.3 Å². The van der Waals surface area contributed by atoms with Gasteiger partial charge in [-0.1, -0.05) is 12.1 Å². The first-order valence-corrected chi connectivity index (χ1v) is 6.17. The molecule has 0 aliphatic carbocycles. The van der Waals surface area contributed by atoms with Crippen molar-refractivity contribution in [1.82, 2.24) is 0 Å². The summed E-state index contributed by atoms with van der Waals surface area (Å²) in [5.74, 6) is 1.03. The molecular weight excluding hydrogens is 273 g/mol. The van der Waals surface area contributed by atoms with E-state index in [9.17, 15) is 4.79 Å². The van der Waals surface area contributed by atoms with Crippen LogP contribution in [0, 0.1) is 0 Å². The summed E-state index contributed by atoms with van der Waals surface area (Å²) in [4.78, 5) is 11.7. The predicted molar refractivity (Wildman–Crippen MR) is 78.9 cm³/mol. The van der Waals surface area contributed by atoms with E-state index in [4.69, 9.17) is 19.5 Å². The van der Waals surface area contributed by atoms with Crippen LogP contribution in [0.5, 0.6) is 11.5 Å². The number of carbonyl (C=O) groups is 1. The zero-order chi connectivity index (χ0) is 15.2. The van der Waals surface area contributed by atoms with Crippen molar-refractivity contribution >= 4 is 24.4 Å². The first-order chi connectivity index (χ1) is 10.1. The SMILES string of the molecule is COc1ccc(OC(=O)Nc2cccc(B(O)O)c2)cc1. The Morgan fingerprint density at radius 2 is 1.76 bits per heavy atom. The molecule has 0 saturated heterocycles. The van der Waals surface area contributed by atoms with Crippen LogP contribution in [0.25, 0.3) is 0 Å². The van der Waals surface area contributed by atoms with Gasteiger partial charge in [-0.2, -0.15) is 0 Å². The maximum absolute atomic E-state index is 11.7. The van der Waals surface area contributed by atoms with Crippen molar-refractivity contribution in [3.63, 3.8) is 0 Å². The standard InChI is InChI=1S/C14H14BNO5/c1-20-12-5-7-13(8-6-12)21-14(17)16-11-4-2-3-10(9-11)15(18)19/h2-9,18-19H,1H3,(H,16,17). The van der Waals surface area contributed by atoms with E-state index >= 15 is 0 Å². The maximum atomic E-state index is 11.7. The molecule has 6 nitrogen and oxygen atoms in total. The Kier molecular flexibility index (Phi) is 4.81. The number of benzene rings is 2. The van der Waals surface area contributed by atoms with Crippen LogP contribution in [0.1, 0.15) is 0 Å². The smallest absolute Gasteiger partial charge is 0.488 e. The highest BCUT2D eigenvalue weighted by Crippen LogP contribution is 2.17. The van der Waals surface area contributed by atoms with Gasteiger partial charge >= 0.3 is 13.2 Å². The van der Waals surface area contributed by atoms with Crippen LogP contribution in [0.15, 0.2) is 48.5 Å². The van der Waals surface area contributed by atoms with Gasteiger partial charge in [-0.15, -0.1) is 0 Å². The number of nitrogens with one attached hydrogen (secondary N) is 1. The van der Waals surface area contributed by atoms with Gasteiger partial charge in [0.2, 0.25) is 0 Å². The van der Waals surface area contributed by atoms with E-state index in [1.165, 1.54) is 12.1 Å². The summed E-state index contributed by atoms with van der Waals surface area (Å²) in [6.45, 7) is 0. The lowest BCUT2D eigenvalue weighted by atomic mass is 9.80. The Labute approximate surface area is 122 Å². The number of anilines is 1. The molecule has 3 N–H and O–H groups in total. The van der Waals surface area contributed by atoms with Crippen LogP contribution in [0.2, 0.25) is 0 Å². The number of rotatable bonds is 4. The van der Waals surface area contributed by atoms with E-state index < -0.39 is 13.2 Å². The second-order valence-electron chi connectivity index (χ2n) is 4.19. The molecule has 0 radical (unpaired) electrons. The third kappa shape index (κ3) is 4.23. The molecule has 0 unspecified atom stereocenters. The summed E-state index contributed by atoms with van der Waals surface area (Å²) in [5, 5.41) is 20.6. The highest BCUT2D eigenvalue weighted by atomic mass is 16.6. The molecule has 21 heavy (non-hydrogen) atoms. The first kappa shape index (κ1) is 14.9. The molecule has 7 heteroatoms. The molecule has 0 saturated carbocycles. The lowest BCUT2D eigenvalue weighted by molar-refractivity contribution is 0.215. The van der Waals surface area contributed by atoms with Crippen LogP contribution >= 0.6 is 0 Å². The van der Waals surface area contributed by atoms with Gasteiger partial charge in [0.25, 0.3) is 0 Å². The fourth-order valence-electron chi connectivity index (χ4n) is 1.67. The number of amides is 1. The van der Waals surface area contributed by atoms with Gasteiger partial charge < -0.3 is 19.5 Å². The molecule has 2 aromatic rings. The fraction of sp³-hybridized carbons (Fsp3) is 0.0714. The normalized spacial score (nSPS) is 9.86. The molecule has 0 fully saturated rings. The second kappa shape index (κ2) is 6.78. The number of carbonyl (C=O) groups excluding carboxylic acids is 1. The highest BCUT2D eigenvalue weighted by molar-refractivity contribution is 6.58. The van der Waals surface area contributed by atoms with Crippen molar-refractivity contribution < 1.29 is 24.3 Å². The number of hydrogen-bond acceptors (Lipinski definition) is 5. The Morgan fingerprint density at radius 3 is 2.38 bits per heavy atom. The average Bonchev–Trinajstić information content (AvgIpc) is 2.48. The molecule has 1 amide bonds. The van der Waals surface area contributed by atoms with Crippen LogP contribution in [-0.2, 0) is 0 Å². The summed E-state index contributed by atoms with van der Waals surface area (Å²) < 4.78 is 10.1. The molecule has 0 aromatic heterocycles. The topological polar surface area (TPSA) is 88.0 Å². The minimum absolute atomic E-state index is 0.275. The quantitative estimate of drug-likeness (QED) is 0.730. The van der Waals surface area contributed by atoms with Gasteiger partial charge in [0.15, 0.2) is 0 Å².